The van der Waals surface area contributed by atoms with E-state index in [1.54, 1.807) is 4.68 Å². The molecule has 0 saturated heterocycles. The molecule has 2 heterocycles. The number of fused-ring (bicyclic) bond motifs is 1. The van der Waals surface area contributed by atoms with E-state index in [1.807, 2.05) is 24.3 Å². The Labute approximate surface area is 296 Å². The van der Waals surface area contributed by atoms with Crippen molar-refractivity contribution in [3.8, 4) is 45.5 Å². The number of rotatable bonds is 9. The van der Waals surface area contributed by atoms with Crippen molar-refractivity contribution < 1.29 is 31.5 Å². The van der Waals surface area contributed by atoms with E-state index in [9.17, 15) is 13.2 Å². The first-order valence-corrected chi connectivity index (χ1v) is 23.0. The Hall–Kier alpha value is -3.78. The fraction of sp³-hybridized carbons (Fsp3) is 0.474. The highest BCUT2D eigenvalue weighted by atomic mass is 28.4. The van der Waals surface area contributed by atoms with Gasteiger partial charge < -0.3 is 18.3 Å². The third-order valence-corrected chi connectivity index (χ3v) is 19.0. The second kappa shape index (κ2) is 13.4. The van der Waals surface area contributed by atoms with Crippen LogP contribution in [-0.2, 0) is 19.1 Å². The molecule has 270 valence electrons. The monoisotopic (exact) mass is 725 g/mol. The largest absolute Gasteiger partial charge is 0.543 e. The smallest absolute Gasteiger partial charge is 0.416 e. The molecule has 50 heavy (non-hydrogen) atoms. The number of hydrogen-bond donors (Lipinski definition) is 0. The summed E-state index contributed by atoms with van der Waals surface area (Å²) in [5, 5.41) is 9.27. The van der Waals surface area contributed by atoms with Gasteiger partial charge in [-0.3, -0.25) is 0 Å². The van der Waals surface area contributed by atoms with Gasteiger partial charge in [0.15, 0.2) is 11.5 Å². The van der Waals surface area contributed by atoms with Gasteiger partial charge in [-0.25, -0.2) is 4.68 Å². The number of halogens is 3. The number of ether oxygens (including phenoxy) is 2. The first kappa shape index (κ1) is 37.5. The Morgan fingerprint density at radius 1 is 0.760 bits per heavy atom. The van der Waals surface area contributed by atoms with Crippen molar-refractivity contribution in [3.05, 3.63) is 71.3 Å². The van der Waals surface area contributed by atoms with E-state index in [1.165, 1.54) is 12.1 Å². The lowest BCUT2D eigenvalue weighted by Crippen LogP contribution is -2.44. The zero-order valence-electron chi connectivity index (χ0n) is 31.1. The van der Waals surface area contributed by atoms with Crippen LogP contribution >= 0.6 is 0 Å². The number of hydrogen-bond acceptors (Lipinski definition) is 6. The lowest BCUT2D eigenvalue weighted by Gasteiger charge is -2.39. The van der Waals surface area contributed by atoms with Crippen LogP contribution in [0.25, 0.3) is 22.5 Å². The first-order valence-electron chi connectivity index (χ1n) is 17.2. The highest BCUT2D eigenvalue weighted by Gasteiger charge is 2.42. The lowest BCUT2D eigenvalue weighted by molar-refractivity contribution is -0.137. The Kier molecular flexibility index (Phi) is 10.0. The zero-order valence-corrected chi connectivity index (χ0v) is 33.1. The average Bonchev–Trinajstić information content (AvgIpc) is 3.42. The predicted octanol–water partition coefficient (Wildman–Crippen LogP) is 10.8. The van der Waals surface area contributed by atoms with E-state index in [0.29, 0.717) is 47.4 Å². The van der Waals surface area contributed by atoms with Crippen LogP contribution in [0.3, 0.4) is 0 Å². The van der Waals surface area contributed by atoms with E-state index in [-0.39, 0.29) is 16.6 Å². The molecule has 0 aliphatic carbocycles. The van der Waals surface area contributed by atoms with E-state index in [0.717, 1.165) is 41.0 Å². The van der Waals surface area contributed by atoms with E-state index in [2.05, 4.69) is 85.9 Å². The molecule has 12 heteroatoms. The summed E-state index contributed by atoms with van der Waals surface area (Å²) >= 11 is 0. The van der Waals surface area contributed by atoms with Crippen LogP contribution in [0.4, 0.5) is 13.2 Å². The molecule has 0 saturated carbocycles. The third kappa shape index (κ3) is 7.75. The van der Waals surface area contributed by atoms with Crippen LogP contribution in [0.1, 0.15) is 65.2 Å². The number of alkyl halides is 3. The molecular weight excluding hydrogens is 676 g/mol. The topological polar surface area (TPSA) is 67.6 Å². The lowest BCUT2D eigenvalue weighted by atomic mass is 9.99. The molecule has 0 fully saturated rings. The van der Waals surface area contributed by atoms with Gasteiger partial charge in [0, 0.05) is 17.2 Å². The predicted molar refractivity (Wildman–Crippen MR) is 197 cm³/mol. The molecule has 1 aliphatic heterocycles. The molecule has 1 aliphatic rings. The maximum atomic E-state index is 13.4. The molecule has 0 atom stereocenters. The summed E-state index contributed by atoms with van der Waals surface area (Å²) in [5.41, 5.74) is 3.80. The molecule has 7 nitrogen and oxygen atoms in total. The molecule has 0 spiro atoms. The van der Waals surface area contributed by atoms with Crippen LogP contribution in [0.15, 0.2) is 54.6 Å². The summed E-state index contributed by atoms with van der Waals surface area (Å²) in [7, 11) is -4.59. The fourth-order valence-electron chi connectivity index (χ4n) is 5.16. The summed E-state index contributed by atoms with van der Waals surface area (Å²) in [5.74, 6) is 2.73. The summed E-state index contributed by atoms with van der Waals surface area (Å²) < 4.78 is 67.6. The summed E-state index contributed by atoms with van der Waals surface area (Å²) in [6.07, 6.45) is -3.70. The maximum absolute atomic E-state index is 13.4. The van der Waals surface area contributed by atoms with Gasteiger partial charge >= 0.3 is 6.18 Å². The van der Waals surface area contributed by atoms with Crippen molar-refractivity contribution >= 4 is 16.6 Å². The molecule has 0 amide bonds. The number of aryl methyl sites for hydroxylation is 1. The number of benzene rings is 3. The zero-order chi connectivity index (χ0) is 36.9. The summed E-state index contributed by atoms with van der Waals surface area (Å²) in [6.45, 7) is 25.4. The molecule has 0 N–H and O–H groups in total. The van der Waals surface area contributed by atoms with Gasteiger partial charge in [0.05, 0.1) is 17.8 Å². The van der Waals surface area contributed by atoms with Crippen molar-refractivity contribution in [2.75, 3.05) is 13.2 Å². The van der Waals surface area contributed by atoms with Gasteiger partial charge in [-0.15, -0.1) is 5.10 Å². The molecule has 3 aromatic carbocycles. The number of aromatic nitrogens is 3. The van der Waals surface area contributed by atoms with Gasteiger partial charge in [-0.05, 0) is 90.2 Å². The highest BCUT2D eigenvalue weighted by Crippen LogP contribution is 2.47. The van der Waals surface area contributed by atoms with Crippen LogP contribution in [0, 0.1) is 0 Å². The van der Waals surface area contributed by atoms with Crippen molar-refractivity contribution in [1.82, 2.24) is 15.0 Å². The van der Waals surface area contributed by atoms with Crippen LogP contribution < -0.4 is 18.3 Å². The molecule has 5 rings (SSSR count). The van der Waals surface area contributed by atoms with Gasteiger partial charge in [-0.1, -0.05) is 65.8 Å². The van der Waals surface area contributed by atoms with Crippen LogP contribution in [0.2, 0.25) is 36.3 Å². The van der Waals surface area contributed by atoms with E-state index >= 15 is 0 Å². The summed E-state index contributed by atoms with van der Waals surface area (Å²) in [6, 6.07) is 15.0. The summed E-state index contributed by atoms with van der Waals surface area (Å²) in [4.78, 5) is 0. The van der Waals surface area contributed by atoms with Crippen LogP contribution in [0.5, 0.6) is 23.0 Å². The first-order chi connectivity index (χ1) is 23.1. The SMILES string of the molecule is CCc1cc(-c2nnn(Cc3ccc(C(F)(F)F)cc3)c2-c2ccc3c(c2)OCCO3)c(O[Si](C)(C)C(C)(C)C)cc1O[Si](C)(C)C(C)(C)C. The van der Waals surface area contributed by atoms with Gasteiger partial charge in [-0.2, -0.15) is 13.2 Å². The molecular formula is C38H50F3N3O4Si2. The normalized spacial score (nSPS) is 14.1. The Balaban J connectivity index is 1.73. The molecule has 0 bridgehead atoms. The van der Waals surface area contributed by atoms with Crippen molar-refractivity contribution in [2.24, 2.45) is 0 Å². The Bertz CT molecular complexity index is 1840. The fourth-order valence-corrected chi connectivity index (χ4v) is 7.23. The van der Waals surface area contributed by atoms with Crippen molar-refractivity contribution in [3.63, 3.8) is 0 Å². The molecule has 0 unspecified atom stereocenters. The molecule has 1 aromatic heterocycles. The molecule has 4 aromatic rings. The minimum absolute atomic E-state index is 0.0104. The quantitative estimate of drug-likeness (QED) is 0.160. The van der Waals surface area contributed by atoms with Gasteiger partial charge in [0.2, 0.25) is 8.32 Å². The third-order valence-electron chi connectivity index (χ3n) is 10.3. The molecule has 0 radical (unpaired) electrons. The number of nitrogens with zero attached hydrogens (tertiary/aromatic N) is 3. The second-order valence-corrected chi connectivity index (χ2v) is 25.5. The van der Waals surface area contributed by atoms with Crippen molar-refractivity contribution in [1.29, 1.82) is 0 Å². The highest BCUT2D eigenvalue weighted by molar-refractivity contribution is 6.75. The van der Waals surface area contributed by atoms with Gasteiger partial charge in [0.25, 0.3) is 8.32 Å². The van der Waals surface area contributed by atoms with E-state index < -0.39 is 28.4 Å². The minimum Gasteiger partial charge on any atom is -0.543 e. The van der Waals surface area contributed by atoms with Crippen molar-refractivity contribution in [2.45, 2.75) is 104 Å². The standard InChI is InChI=1S/C38H50F3N3O4Si2/c1-12-26-21-29(32(48-50(10,11)37(5,6)7)23-31(26)47-49(8,9)36(2,3)4)34-35(27-15-18-30-33(22-27)46-20-19-45-30)44(43-42-34)24-25-13-16-28(17-14-25)38(39,40)41/h13-18,21-23H,12,19-20,24H2,1-11H3. The maximum Gasteiger partial charge on any atom is 0.416 e. The average molecular weight is 726 g/mol. The second-order valence-electron chi connectivity index (χ2n) is 16.0. The Morgan fingerprint density at radius 3 is 1.90 bits per heavy atom. The van der Waals surface area contributed by atoms with Crippen LogP contribution in [-0.4, -0.2) is 44.8 Å². The minimum atomic E-state index is -4.42. The Morgan fingerprint density at radius 2 is 1.34 bits per heavy atom. The van der Waals surface area contributed by atoms with Gasteiger partial charge in [0.1, 0.15) is 30.4 Å². The van der Waals surface area contributed by atoms with E-state index in [4.69, 9.17) is 23.4 Å².